The van der Waals surface area contributed by atoms with Gasteiger partial charge in [-0.05, 0) is 43.2 Å². The van der Waals surface area contributed by atoms with Gasteiger partial charge >= 0.3 is 5.97 Å². The van der Waals surface area contributed by atoms with E-state index < -0.39 is 5.97 Å². The Morgan fingerprint density at radius 2 is 1.86 bits per heavy atom. The third kappa shape index (κ3) is 4.42. The molecule has 0 spiro atoms. The lowest BCUT2D eigenvalue weighted by Gasteiger charge is -2.06. The molecule has 5 heteroatoms. The zero-order chi connectivity index (χ0) is 15.2. The van der Waals surface area contributed by atoms with Gasteiger partial charge in [0, 0.05) is 17.8 Å². The monoisotopic (exact) mass is 284 g/mol. The van der Waals surface area contributed by atoms with Crippen LogP contribution >= 0.6 is 0 Å². The predicted molar refractivity (Wildman–Crippen MR) is 79.3 cm³/mol. The molecule has 0 unspecified atom stereocenters. The summed E-state index contributed by atoms with van der Waals surface area (Å²) in [5.41, 5.74) is 2.73. The normalized spacial score (nSPS) is 10.1. The summed E-state index contributed by atoms with van der Waals surface area (Å²) in [6.45, 7) is 1.83. The van der Waals surface area contributed by atoms with Crippen molar-refractivity contribution in [3.05, 3.63) is 59.4 Å². The van der Waals surface area contributed by atoms with Gasteiger partial charge in [0.15, 0.2) is 0 Å². The Bertz CT molecular complexity index is 651. The van der Waals surface area contributed by atoms with Gasteiger partial charge in [0.25, 0.3) is 5.91 Å². The van der Waals surface area contributed by atoms with E-state index in [1.807, 2.05) is 25.1 Å². The molecule has 5 nitrogen and oxygen atoms in total. The topological polar surface area (TPSA) is 79.3 Å². The van der Waals surface area contributed by atoms with Crippen molar-refractivity contribution in [2.75, 3.05) is 5.32 Å². The predicted octanol–water partition coefficient (Wildman–Crippen LogP) is 2.66. The van der Waals surface area contributed by atoms with Crippen molar-refractivity contribution < 1.29 is 14.7 Å². The van der Waals surface area contributed by atoms with Crippen LogP contribution in [0.5, 0.6) is 0 Å². The lowest BCUT2D eigenvalue weighted by molar-refractivity contribution is -0.136. The van der Waals surface area contributed by atoms with Gasteiger partial charge in [0.05, 0.1) is 0 Å². The second kappa shape index (κ2) is 6.65. The summed E-state index contributed by atoms with van der Waals surface area (Å²) in [7, 11) is 0. The fraction of sp³-hybridized carbons (Fsp3) is 0.188. The molecule has 0 fully saturated rings. The molecular weight excluding hydrogens is 268 g/mol. The van der Waals surface area contributed by atoms with Crippen LogP contribution in [0.25, 0.3) is 0 Å². The molecule has 0 aliphatic carbocycles. The fourth-order valence-electron chi connectivity index (χ4n) is 1.87. The Balaban J connectivity index is 2.00. The largest absolute Gasteiger partial charge is 0.481 e. The summed E-state index contributed by atoms with van der Waals surface area (Å²) < 4.78 is 0. The Kier molecular flexibility index (Phi) is 4.66. The molecule has 1 amide bonds. The first-order valence-electron chi connectivity index (χ1n) is 6.60. The van der Waals surface area contributed by atoms with Crippen LogP contribution in [-0.4, -0.2) is 22.0 Å². The highest BCUT2D eigenvalue weighted by atomic mass is 16.4. The molecule has 0 saturated carbocycles. The Hall–Kier alpha value is -2.69. The van der Waals surface area contributed by atoms with Crippen LogP contribution in [0.3, 0.4) is 0 Å². The van der Waals surface area contributed by atoms with E-state index >= 15 is 0 Å². The van der Waals surface area contributed by atoms with Crippen LogP contribution < -0.4 is 5.32 Å². The summed E-state index contributed by atoms with van der Waals surface area (Å²) in [5.74, 6) is -1.09. The van der Waals surface area contributed by atoms with Crippen molar-refractivity contribution in [3.63, 3.8) is 0 Å². The van der Waals surface area contributed by atoms with E-state index in [-0.39, 0.29) is 12.3 Å². The second-order valence-electron chi connectivity index (χ2n) is 4.71. The first-order valence-corrected chi connectivity index (χ1v) is 6.60. The van der Waals surface area contributed by atoms with E-state index in [2.05, 4.69) is 10.3 Å². The van der Waals surface area contributed by atoms with Crippen LogP contribution in [0.15, 0.2) is 42.5 Å². The van der Waals surface area contributed by atoms with Gasteiger partial charge in [-0.3, -0.25) is 9.59 Å². The standard InChI is InChI=1S/C16H16N2O3/c1-11-3-2-4-14(17-11)16(21)18-13-8-5-12(6-9-13)7-10-15(19)20/h2-6,8-9H,7,10H2,1H3,(H,18,21)(H,19,20). The highest BCUT2D eigenvalue weighted by molar-refractivity contribution is 6.02. The third-order valence-corrected chi connectivity index (χ3v) is 2.96. The SMILES string of the molecule is Cc1cccc(C(=O)Nc2ccc(CCC(=O)O)cc2)n1. The van der Waals surface area contributed by atoms with Gasteiger partial charge in [-0.2, -0.15) is 0 Å². The van der Waals surface area contributed by atoms with Gasteiger partial charge in [-0.15, -0.1) is 0 Å². The summed E-state index contributed by atoms with van der Waals surface area (Å²) >= 11 is 0. The Morgan fingerprint density at radius 1 is 1.14 bits per heavy atom. The molecule has 1 aromatic heterocycles. The number of carboxylic acid groups (broad SMARTS) is 1. The minimum atomic E-state index is -0.821. The van der Waals surface area contributed by atoms with Crippen LogP contribution in [-0.2, 0) is 11.2 Å². The molecule has 2 rings (SSSR count). The average molecular weight is 284 g/mol. The average Bonchev–Trinajstić information content (AvgIpc) is 2.46. The first kappa shape index (κ1) is 14.7. The number of benzene rings is 1. The number of hydrogen-bond acceptors (Lipinski definition) is 3. The smallest absolute Gasteiger partial charge is 0.303 e. The lowest BCUT2D eigenvalue weighted by Crippen LogP contribution is -2.13. The van der Waals surface area contributed by atoms with E-state index in [1.54, 1.807) is 24.3 Å². The number of carbonyl (C=O) groups excluding carboxylic acids is 1. The lowest BCUT2D eigenvalue weighted by atomic mass is 10.1. The van der Waals surface area contributed by atoms with E-state index in [9.17, 15) is 9.59 Å². The highest BCUT2D eigenvalue weighted by Crippen LogP contribution is 2.12. The van der Waals surface area contributed by atoms with Crippen molar-refractivity contribution >= 4 is 17.6 Å². The molecule has 1 aromatic carbocycles. The Morgan fingerprint density at radius 3 is 2.48 bits per heavy atom. The van der Waals surface area contributed by atoms with Crippen LogP contribution in [0.1, 0.15) is 28.2 Å². The number of aliphatic carboxylic acids is 1. The first-order chi connectivity index (χ1) is 10.0. The molecule has 1 heterocycles. The van der Waals surface area contributed by atoms with Gasteiger partial charge < -0.3 is 10.4 Å². The van der Waals surface area contributed by atoms with Gasteiger partial charge in [-0.25, -0.2) is 4.98 Å². The quantitative estimate of drug-likeness (QED) is 0.884. The fourth-order valence-corrected chi connectivity index (χ4v) is 1.87. The molecule has 0 saturated heterocycles. The van der Waals surface area contributed by atoms with Crippen molar-refractivity contribution in [1.82, 2.24) is 4.98 Å². The molecule has 21 heavy (non-hydrogen) atoms. The number of aromatic nitrogens is 1. The molecule has 2 N–H and O–H groups in total. The number of rotatable bonds is 5. The number of hydrogen-bond donors (Lipinski definition) is 2. The molecule has 0 aliphatic heterocycles. The summed E-state index contributed by atoms with van der Waals surface area (Å²) in [5, 5.41) is 11.4. The van der Waals surface area contributed by atoms with Crippen LogP contribution in [0, 0.1) is 6.92 Å². The van der Waals surface area contributed by atoms with Crippen LogP contribution in [0.4, 0.5) is 5.69 Å². The van der Waals surface area contributed by atoms with Crippen molar-refractivity contribution in [2.45, 2.75) is 19.8 Å². The molecule has 108 valence electrons. The number of amides is 1. The number of carboxylic acids is 1. The second-order valence-corrected chi connectivity index (χ2v) is 4.71. The van der Waals surface area contributed by atoms with Crippen molar-refractivity contribution in [1.29, 1.82) is 0 Å². The number of carbonyl (C=O) groups is 2. The maximum atomic E-state index is 12.0. The van der Waals surface area contributed by atoms with E-state index in [0.717, 1.165) is 11.3 Å². The zero-order valence-corrected chi connectivity index (χ0v) is 11.7. The van der Waals surface area contributed by atoms with Crippen molar-refractivity contribution in [3.8, 4) is 0 Å². The molecule has 0 aliphatic rings. The zero-order valence-electron chi connectivity index (χ0n) is 11.7. The molecule has 0 bridgehead atoms. The molecule has 0 radical (unpaired) electrons. The van der Waals surface area contributed by atoms with Gasteiger partial charge in [0.1, 0.15) is 5.69 Å². The van der Waals surface area contributed by atoms with Crippen molar-refractivity contribution in [2.24, 2.45) is 0 Å². The van der Waals surface area contributed by atoms with E-state index in [1.165, 1.54) is 0 Å². The maximum absolute atomic E-state index is 12.0. The number of pyridine rings is 1. The van der Waals surface area contributed by atoms with Crippen LogP contribution in [0.2, 0.25) is 0 Å². The summed E-state index contributed by atoms with van der Waals surface area (Å²) in [6, 6.07) is 12.4. The van der Waals surface area contributed by atoms with Gasteiger partial charge in [0.2, 0.25) is 0 Å². The number of nitrogens with one attached hydrogen (secondary N) is 1. The maximum Gasteiger partial charge on any atom is 0.303 e. The minimum absolute atomic E-state index is 0.0961. The Labute approximate surface area is 122 Å². The number of anilines is 1. The summed E-state index contributed by atoms with van der Waals surface area (Å²) in [4.78, 5) is 26.7. The number of aryl methyl sites for hydroxylation is 2. The summed E-state index contributed by atoms with van der Waals surface area (Å²) in [6.07, 6.45) is 0.571. The third-order valence-electron chi connectivity index (χ3n) is 2.96. The molecule has 0 atom stereocenters. The number of nitrogens with zero attached hydrogens (tertiary/aromatic N) is 1. The van der Waals surface area contributed by atoms with E-state index in [4.69, 9.17) is 5.11 Å². The van der Waals surface area contributed by atoms with Gasteiger partial charge in [-0.1, -0.05) is 18.2 Å². The molecule has 2 aromatic rings. The molecular formula is C16H16N2O3. The highest BCUT2D eigenvalue weighted by Gasteiger charge is 2.07. The van der Waals surface area contributed by atoms with E-state index in [0.29, 0.717) is 17.8 Å². The minimum Gasteiger partial charge on any atom is -0.481 e.